The molecule has 7 heteroatoms. The van der Waals surface area contributed by atoms with Gasteiger partial charge in [0.05, 0.1) is 17.7 Å². The first kappa shape index (κ1) is 21.2. The summed E-state index contributed by atoms with van der Waals surface area (Å²) < 4.78 is 18.7. The van der Waals surface area contributed by atoms with Crippen LogP contribution in [0.15, 0.2) is 39.9 Å². The van der Waals surface area contributed by atoms with E-state index in [1.165, 1.54) is 38.3 Å². The molecule has 0 spiro atoms. The minimum Gasteiger partial charge on any atom is -0.496 e. The first-order valence-electron chi connectivity index (χ1n) is 9.31. The Kier molecular flexibility index (Phi) is 6.42. The Morgan fingerprint density at radius 2 is 2.21 bits per heavy atom. The quantitative estimate of drug-likeness (QED) is 0.482. The zero-order chi connectivity index (χ0) is 20.5. The van der Waals surface area contributed by atoms with Crippen LogP contribution in [0.5, 0.6) is 5.75 Å². The molecule has 0 radical (unpaired) electrons. The van der Waals surface area contributed by atoms with Crippen molar-refractivity contribution in [1.29, 1.82) is 0 Å². The number of hydrogen-bond acceptors (Lipinski definition) is 5. The molecule has 1 N–H and O–H groups in total. The van der Waals surface area contributed by atoms with Crippen molar-refractivity contribution >= 4 is 29.1 Å². The lowest BCUT2D eigenvalue weighted by Crippen LogP contribution is -2.31. The molecule has 1 unspecified atom stereocenters. The van der Waals surface area contributed by atoms with Crippen LogP contribution >= 0.6 is 23.4 Å². The summed E-state index contributed by atoms with van der Waals surface area (Å²) in [5.74, 6) is 0.749. The average molecular weight is 426 g/mol. The molecule has 152 valence electrons. The summed E-state index contributed by atoms with van der Waals surface area (Å²) in [7, 11) is 1.50. The Morgan fingerprint density at radius 1 is 1.50 bits per heavy atom. The monoisotopic (exact) mass is 425 g/mol. The molecule has 1 saturated carbocycles. The molecular weight excluding hydrogens is 401 g/mol. The molecule has 0 amide bonds. The number of thioether (sulfide) groups is 1. The molecule has 0 aromatic heterocycles. The standard InChI is InChI=1S/C21H25ClFNO3S/c1-13-20(21(2,26)12-23)28-19(24(13)11-14-5-4-6-14)10-17(25)16-9-15(22)7-8-18(16)27-3/h7-10,14,26H,4-6,11-12H2,1-3H3/b19-10-. The fourth-order valence-electron chi connectivity index (χ4n) is 3.41. The molecule has 1 heterocycles. The van der Waals surface area contributed by atoms with E-state index in [-0.39, 0.29) is 5.78 Å². The molecule has 1 atom stereocenters. The number of ether oxygens (including phenoxy) is 1. The predicted octanol–water partition coefficient (Wildman–Crippen LogP) is 5.17. The highest BCUT2D eigenvalue weighted by atomic mass is 35.5. The third-order valence-electron chi connectivity index (χ3n) is 5.30. The second-order valence-corrected chi connectivity index (χ2v) is 8.99. The lowest BCUT2D eigenvalue weighted by atomic mass is 9.85. The van der Waals surface area contributed by atoms with Gasteiger partial charge >= 0.3 is 0 Å². The molecule has 1 fully saturated rings. The van der Waals surface area contributed by atoms with Crippen LogP contribution < -0.4 is 4.74 Å². The number of nitrogens with zero attached hydrogens (tertiary/aromatic N) is 1. The summed E-state index contributed by atoms with van der Waals surface area (Å²) in [6.45, 7) is 3.21. The van der Waals surface area contributed by atoms with Crippen molar-refractivity contribution < 1.29 is 19.0 Å². The summed E-state index contributed by atoms with van der Waals surface area (Å²) in [6, 6.07) is 4.90. The highest BCUT2D eigenvalue weighted by Gasteiger charge is 2.38. The van der Waals surface area contributed by atoms with Gasteiger partial charge in [-0.3, -0.25) is 4.79 Å². The number of rotatable bonds is 7. The second-order valence-electron chi connectivity index (χ2n) is 7.52. The molecule has 1 aromatic carbocycles. The zero-order valence-corrected chi connectivity index (χ0v) is 17.9. The van der Waals surface area contributed by atoms with E-state index in [1.807, 2.05) is 11.8 Å². The first-order chi connectivity index (χ1) is 13.3. The van der Waals surface area contributed by atoms with Gasteiger partial charge in [0.2, 0.25) is 0 Å². The summed E-state index contributed by atoms with van der Waals surface area (Å²) in [6.07, 6.45) is 5.03. The van der Waals surface area contributed by atoms with Gasteiger partial charge in [0.1, 0.15) is 18.0 Å². The molecule has 4 nitrogen and oxygen atoms in total. The molecule has 1 aliphatic heterocycles. The van der Waals surface area contributed by atoms with Crippen molar-refractivity contribution in [2.75, 3.05) is 20.3 Å². The first-order valence-corrected chi connectivity index (χ1v) is 10.5. The zero-order valence-electron chi connectivity index (χ0n) is 16.3. The van der Waals surface area contributed by atoms with E-state index in [9.17, 15) is 14.3 Å². The number of hydrogen-bond donors (Lipinski definition) is 1. The van der Waals surface area contributed by atoms with Crippen LogP contribution in [0.2, 0.25) is 5.02 Å². The van der Waals surface area contributed by atoms with E-state index in [4.69, 9.17) is 16.3 Å². The lowest BCUT2D eigenvalue weighted by Gasteiger charge is -2.32. The Hall–Kier alpha value is -1.50. The Balaban J connectivity index is 1.94. The topological polar surface area (TPSA) is 49.8 Å². The van der Waals surface area contributed by atoms with E-state index >= 15 is 0 Å². The van der Waals surface area contributed by atoms with E-state index in [1.54, 1.807) is 18.2 Å². The molecular formula is C21H25ClFNO3S. The van der Waals surface area contributed by atoms with Crippen LogP contribution in [0.4, 0.5) is 4.39 Å². The molecule has 1 aliphatic carbocycles. The lowest BCUT2D eigenvalue weighted by molar-refractivity contribution is 0.0754. The summed E-state index contributed by atoms with van der Waals surface area (Å²) in [5, 5.41) is 11.6. The highest BCUT2D eigenvalue weighted by Crippen LogP contribution is 2.47. The van der Waals surface area contributed by atoms with Gasteiger partial charge in [-0.05, 0) is 50.8 Å². The number of carbonyl (C=O) groups excluding carboxylic acids is 1. The van der Waals surface area contributed by atoms with Gasteiger partial charge in [0.25, 0.3) is 0 Å². The molecule has 1 aromatic rings. The maximum Gasteiger partial charge on any atom is 0.192 e. The highest BCUT2D eigenvalue weighted by molar-refractivity contribution is 8.07. The number of aliphatic hydroxyl groups is 1. The van der Waals surface area contributed by atoms with Crippen LogP contribution in [0.3, 0.4) is 0 Å². The van der Waals surface area contributed by atoms with E-state index in [2.05, 4.69) is 0 Å². The minimum atomic E-state index is -1.57. The van der Waals surface area contributed by atoms with Gasteiger partial charge in [-0.1, -0.05) is 29.8 Å². The largest absolute Gasteiger partial charge is 0.496 e. The van der Waals surface area contributed by atoms with Crippen LogP contribution in [-0.2, 0) is 0 Å². The second kappa shape index (κ2) is 8.47. The third-order valence-corrected chi connectivity index (χ3v) is 7.02. The van der Waals surface area contributed by atoms with Gasteiger partial charge in [-0.15, -0.1) is 0 Å². The van der Waals surface area contributed by atoms with E-state index in [0.29, 0.717) is 32.2 Å². The van der Waals surface area contributed by atoms with Crippen LogP contribution in [0.25, 0.3) is 0 Å². The maximum atomic E-state index is 13.4. The normalized spacial score (nSPS) is 21.1. The van der Waals surface area contributed by atoms with Crippen molar-refractivity contribution in [3.05, 3.63) is 50.5 Å². The maximum absolute atomic E-state index is 13.4. The van der Waals surface area contributed by atoms with Gasteiger partial charge in [0, 0.05) is 28.2 Å². The Bertz CT molecular complexity index is 833. The van der Waals surface area contributed by atoms with Gasteiger partial charge in [-0.2, -0.15) is 0 Å². The van der Waals surface area contributed by atoms with Gasteiger partial charge in [0.15, 0.2) is 5.78 Å². The molecule has 2 aliphatic rings. The summed E-state index contributed by atoms with van der Waals surface area (Å²) in [5.41, 5.74) is -0.398. The smallest absolute Gasteiger partial charge is 0.192 e. The number of ketones is 1. The van der Waals surface area contributed by atoms with Crippen molar-refractivity contribution in [2.24, 2.45) is 5.92 Å². The number of benzene rings is 1. The summed E-state index contributed by atoms with van der Waals surface area (Å²) in [4.78, 5) is 15.5. The molecule has 0 bridgehead atoms. The van der Waals surface area contributed by atoms with E-state index < -0.39 is 12.3 Å². The minimum absolute atomic E-state index is 0.241. The van der Waals surface area contributed by atoms with Crippen LogP contribution in [-0.4, -0.2) is 41.7 Å². The fraction of sp³-hybridized carbons (Fsp3) is 0.476. The van der Waals surface area contributed by atoms with Crippen molar-refractivity contribution in [2.45, 2.75) is 38.7 Å². The Labute approximate surface area is 174 Å². The number of carbonyl (C=O) groups is 1. The number of alkyl halides is 1. The SMILES string of the molecule is COc1ccc(Cl)cc1C(=O)/C=C1\SC(C(C)(O)CF)=C(C)N1CC1CCC1. The fourth-order valence-corrected chi connectivity index (χ4v) is 4.81. The van der Waals surface area contributed by atoms with Gasteiger partial charge < -0.3 is 14.7 Å². The predicted molar refractivity (Wildman–Crippen MR) is 111 cm³/mol. The third kappa shape index (κ3) is 4.24. The molecule has 28 heavy (non-hydrogen) atoms. The van der Waals surface area contributed by atoms with Crippen molar-refractivity contribution in [1.82, 2.24) is 4.90 Å². The summed E-state index contributed by atoms with van der Waals surface area (Å²) >= 11 is 7.31. The molecule has 3 rings (SSSR count). The van der Waals surface area contributed by atoms with Crippen LogP contribution in [0.1, 0.15) is 43.5 Å². The average Bonchev–Trinajstić information content (AvgIpc) is 2.94. The molecule has 0 saturated heterocycles. The van der Waals surface area contributed by atoms with Gasteiger partial charge in [-0.25, -0.2) is 4.39 Å². The number of halogens is 2. The Morgan fingerprint density at radius 3 is 2.79 bits per heavy atom. The van der Waals surface area contributed by atoms with E-state index in [0.717, 1.165) is 25.1 Å². The number of allylic oxidation sites excluding steroid dienone is 2. The van der Waals surface area contributed by atoms with Crippen molar-refractivity contribution in [3.8, 4) is 5.75 Å². The van der Waals surface area contributed by atoms with Crippen molar-refractivity contribution in [3.63, 3.8) is 0 Å². The number of methoxy groups -OCH3 is 1. The van der Waals surface area contributed by atoms with Crippen LogP contribution in [0, 0.1) is 5.92 Å².